The molecule has 1 aliphatic rings. The first-order chi connectivity index (χ1) is 9.54. The number of nitrogen functional groups attached to an aromatic ring is 1. The molecule has 0 fully saturated rings. The number of fused-ring (bicyclic) bond motifs is 1. The van der Waals surface area contributed by atoms with Crippen LogP contribution < -0.4 is 16.0 Å². The van der Waals surface area contributed by atoms with E-state index < -0.39 is 0 Å². The van der Waals surface area contributed by atoms with Gasteiger partial charge in [-0.2, -0.15) is 0 Å². The third-order valence-electron chi connectivity index (χ3n) is 3.52. The van der Waals surface area contributed by atoms with E-state index in [4.69, 9.17) is 5.73 Å². The minimum absolute atomic E-state index is 0.124. The highest BCUT2D eigenvalue weighted by molar-refractivity contribution is 6.01. The maximum absolute atomic E-state index is 11.7. The molecule has 0 bridgehead atoms. The predicted octanol–water partition coefficient (Wildman–Crippen LogP) is 2.23. The number of rotatable bonds is 2. The average Bonchev–Trinajstić information content (AvgIpc) is 2.68. The third kappa shape index (κ3) is 2.07. The molecule has 3 N–H and O–H groups in total. The van der Waals surface area contributed by atoms with Crippen molar-refractivity contribution in [1.29, 1.82) is 0 Å². The van der Waals surface area contributed by atoms with Crippen LogP contribution in [0.4, 0.5) is 22.9 Å². The molecular formula is C15H16N4O. The normalized spacial score (nSPS) is 13.5. The van der Waals surface area contributed by atoms with Gasteiger partial charge in [0.15, 0.2) is 0 Å². The van der Waals surface area contributed by atoms with E-state index in [-0.39, 0.29) is 5.91 Å². The number of nitrogens with one attached hydrogen (secondary N) is 1. The minimum Gasteiger partial charge on any atom is -0.397 e. The summed E-state index contributed by atoms with van der Waals surface area (Å²) in [6.07, 6.45) is 2.08. The first-order valence-electron chi connectivity index (χ1n) is 6.43. The summed E-state index contributed by atoms with van der Waals surface area (Å²) in [5.74, 6) is 0.899. The maximum atomic E-state index is 11.7. The highest BCUT2D eigenvalue weighted by Crippen LogP contribution is 2.31. The minimum atomic E-state index is 0.124. The molecule has 1 amide bonds. The molecule has 5 nitrogen and oxygen atoms in total. The fourth-order valence-electron chi connectivity index (χ4n) is 2.41. The summed E-state index contributed by atoms with van der Waals surface area (Å²) < 4.78 is 0. The summed E-state index contributed by atoms with van der Waals surface area (Å²) in [4.78, 5) is 17.6. The van der Waals surface area contributed by atoms with Crippen molar-refractivity contribution in [3.63, 3.8) is 0 Å². The molecule has 0 radical (unpaired) electrons. The van der Waals surface area contributed by atoms with Gasteiger partial charge >= 0.3 is 0 Å². The van der Waals surface area contributed by atoms with Gasteiger partial charge in [-0.05, 0) is 42.3 Å². The van der Waals surface area contributed by atoms with Crippen LogP contribution in [-0.4, -0.2) is 17.9 Å². The highest BCUT2D eigenvalue weighted by atomic mass is 16.2. The van der Waals surface area contributed by atoms with Crippen LogP contribution in [0, 0.1) is 6.92 Å². The number of hydrogen-bond donors (Lipinski definition) is 2. The van der Waals surface area contributed by atoms with Crippen LogP contribution in [0.15, 0.2) is 30.5 Å². The Labute approximate surface area is 117 Å². The Kier molecular flexibility index (Phi) is 2.82. The summed E-state index contributed by atoms with van der Waals surface area (Å²) >= 11 is 0. The Morgan fingerprint density at radius 2 is 2.15 bits per heavy atom. The van der Waals surface area contributed by atoms with Crippen molar-refractivity contribution in [1.82, 2.24) is 4.98 Å². The van der Waals surface area contributed by atoms with E-state index in [2.05, 4.69) is 10.3 Å². The number of nitrogens with zero attached hydrogens (tertiary/aromatic N) is 2. The fourth-order valence-corrected chi connectivity index (χ4v) is 2.41. The number of carbonyl (C=O) groups excluding carboxylic acids is 1. The summed E-state index contributed by atoms with van der Waals surface area (Å²) in [6.45, 7) is 1.95. The zero-order valence-corrected chi connectivity index (χ0v) is 11.5. The van der Waals surface area contributed by atoms with Gasteiger partial charge in [0.2, 0.25) is 5.91 Å². The number of aromatic nitrogens is 1. The smallest absolute Gasteiger partial charge is 0.231 e. The van der Waals surface area contributed by atoms with Crippen LogP contribution in [0.25, 0.3) is 0 Å². The van der Waals surface area contributed by atoms with Crippen LogP contribution in [0.5, 0.6) is 0 Å². The summed E-state index contributed by atoms with van der Waals surface area (Å²) in [5.41, 5.74) is 10.3. The molecular weight excluding hydrogens is 252 g/mol. The predicted molar refractivity (Wildman–Crippen MR) is 80.2 cm³/mol. The van der Waals surface area contributed by atoms with E-state index in [9.17, 15) is 4.79 Å². The quantitative estimate of drug-likeness (QED) is 0.876. The lowest BCUT2D eigenvalue weighted by Gasteiger charge is -2.12. The fraction of sp³-hybridized carbons (Fsp3) is 0.200. The van der Waals surface area contributed by atoms with Gasteiger partial charge in [0.05, 0.1) is 18.3 Å². The Bertz CT molecular complexity index is 696. The molecule has 1 aromatic carbocycles. The molecule has 0 saturated heterocycles. The lowest BCUT2D eigenvalue weighted by molar-refractivity contribution is -0.117. The molecule has 3 rings (SSSR count). The zero-order valence-electron chi connectivity index (χ0n) is 11.5. The molecule has 0 aliphatic carbocycles. The van der Waals surface area contributed by atoms with Crippen LogP contribution in [-0.2, 0) is 11.2 Å². The number of hydrogen-bond acceptors (Lipinski definition) is 4. The number of pyridine rings is 1. The second kappa shape index (κ2) is 4.52. The standard InChI is InChI=1S/C15H16N4O/c1-9-5-11(16)8-17-15(9)18-12-3-4-13-10(6-12)7-14(20)19(13)2/h3-6,8H,7,16H2,1-2H3,(H,17,18). The molecule has 102 valence electrons. The molecule has 2 aromatic rings. The Morgan fingerprint density at radius 1 is 1.35 bits per heavy atom. The molecule has 0 unspecified atom stereocenters. The number of aryl methyl sites for hydroxylation is 1. The van der Waals surface area contributed by atoms with Crippen LogP contribution in [0.2, 0.25) is 0 Å². The number of nitrogens with two attached hydrogens (primary N) is 1. The van der Waals surface area contributed by atoms with Gasteiger partial charge in [0, 0.05) is 18.4 Å². The van der Waals surface area contributed by atoms with Gasteiger partial charge < -0.3 is 16.0 Å². The van der Waals surface area contributed by atoms with Crippen molar-refractivity contribution in [3.8, 4) is 0 Å². The van der Waals surface area contributed by atoms with Crippen molar-refractivity contribution in [3.05, 3.63) is 41.6 Å². The lowest BCUT2D eigenvalue weighted by Crippen LogP contribution is -2.20. The molecule has 20 heavy (non-hydrogen) atoms. The second-order valence-electron chi connectivity index (χ2n) is 5.03. The number of anilines is 4. The maximum Gasteiger partial charge on any atom is 0.231 e. The van der Waals surface area contributed by atoms with Gasteiger partial charge in [-0.15, -0.1) is 0 Å². The molecule has 2 heterocycles. The Balaban J connectivity index is 1.90. The van der Waals surface area contributed by atoms with Crippen LogP contribution >= 0.6 is 0 Å². The lowest BCUT2D eigenvalue weighted by atomic mass is 10.1. The largest absolute Gasteiger partial charge is 0.397 e. The van der Waals surface area contributed by atoms with E-state index in [0.717, 1.165) is 28.3 Å². The number of likely N-dealkylation sites (N-methyl/N-ethyl adjacent to an activating group) is 1. The average molecular weight is 268 g/mol. The van der Waals surface area contributed by atoms with Crippen LogP contribution in [0.3, 0.4) is 0 Å². The van der Waals surface area contributed by atoms with Gasteiger partial charge in [-0.25, -0.2) is 4.98 Å². The number of carbonyl (C=O) groups is 1. The van der Waals surface area contributed by atoms with E-state index in [0.29, 0.717) is 12.1 Å². The molecule has 1 aromatic heterocycles. The molecule has 1 aliphatic heterocycles. The van der Waals surface area contributed by atoms with Crippen molar-refractivity contribution in [2.24, 2.45) is 0 Å². The molecule has 0 atom stereocenters. The van der Waals surface area contributed by atoms with Gasteiger partial charge in [0.1, 0.15) is 5.82 Å². The first kappa shape index (κ1) is 12.5. The molecule has 0 saturated carbocycles. The topological polar surface area (TPSA) is 71.2 Å². The summed E-state index contributed by atoms with van der Waals surface area (Å²) in [5, 5.41) is 3.26. The highest BCUT2D eigenvalue weighted by Gasteiger charge is 2.23. The van der Waals surface area contributed by atoms with Crippen molar-refractivity contribution in [2.75, 3.05) is 23.0 Å². The van der Waals surface area contributed by atoms with E-state index >= 15 is 0 Å². The van der Waals surface area contributed by atoms with Crippen molar-refractivity contribution < 1.29 is 4.79 Å². The third-order valence-corrected chi connectivity index (χ3v) is 3.52. The molecule has 5 heteroatoms. The van der Waals surface area contributed by atoms with Gasteiger partial charge in [-0.1, -0.05) is 0 Å². The second-order valence-corrected chi connectivity index (χ2v) is 5.03. The number of amides is 1. The van der Waals surface area contributed by atoms with Crippen molar-refractivity contribution >= 4 is 28.8 Å². The zero-order chi connectivity index (χ0) is 14.3. The van der Waals surface area contributed by atoms with E-state index in [1.807, 2.05) is 31.2 Å². The number of benzene rings is 1. The Hall–Kier alpha value is -2.56. The summed E-state index contributed by atoms with van der Waals surface area (Å²) in [6, 6.07) is 7.77. The van der Waals surface area contributed by atoms with E-state index in [1.54, 1.807) is 18.1 Å². The van der Waals surface area contributed by atoms with E-state index in [1.165, 1.54) is 0 Å². The SMILES string of the molecule is Cc1cc(N)cnc1Nc1ccc2c(c1)CC(=O)N2C. The first-order valence-corrected chi connectivity index (χ1v) is 6.43. The summed E-state index contributed by atoms with van der Waals surface area (Å²) in [7, 11) is 1.80. The van der Waals surface area contributed by atoms with Gasteiger partial charge in [-0.3, -0.25) is 4.79 Å². The van der Waals surface area contributed by atoms with Gasteiger partial charge in [0.25, 0.3) is 0 Å². The molecule has 0 spiro atoms. The van der Waals surface area contributed by atoms with Crippen molar-refractivity contribution in [2.45, 2.75) is 13.3 Å². The monoisotopic (exact) mass is 268 g/mol. The van der Waals surface area contributed by atoms with Crippen LogP contribution in [0.1, 0.15) is 11.1 Å². The Morgan fingerprint density at radius 3 is 2.90 bits per heavy atom.